The molecular formula is C17H20N6O3S2. The summed E-state index contributed by atoms with van der Waals surface area (Å²) < 4.78 is 13.2. The molecule has 0 aromatic carbocycles. The fraction of sp³-hybridized carbons (Fsp3) is 0.471. The summed E-state index contributed by atoms with van der Waals surface area (Å²) in [5.41, 5.74) is 0. The first kappa shape index (κ1) is 19.1. The van der Waals surface area contributed by atoms with Crippen molar-refractivity contribution >= 4 is 34.1 Å². The van der Waals surface area contributed by atoms with E-state index in [9.17, 15) is 4.79 Å². The molecule has 1 aliphatic rings. The zero-order valence-electron chi connectivity index (χ0n) is 15.3. The van der Waals surface area contributed by atoms with Gasteiger partial charge in [-0.2, -0.15) is 0 Å². The van der Waals surface area contributed by atoms with Crippen LogP contribution in [-0.2, 0) is 22.5 Å². The second-order valence-electron chi connectivity index (χ2n) is 6.22. The summed E-state index contributed by atoms with van der Waals surface area (Å²) in [6.07, 6.45) is 4.57. The molecule has 1 amide bonds. The minimum absolute atomic E-state index is 0.117. The maximum atomic E-state index is 12.3. The van der Waals surface area contributed by atoms with E-state index in [0.717, 1.165) is 30.9 Å². The number of rotatable bonds is 8. The minimum Gasteiger partial charge on any atom is -0.461 e. The number of nitrogens with one attached hydrogen (secondary N) is 1. The van der Waals surface area contributed by atoms with Gasteiger partial charge in [0.15, 0.2) is 10.9 Å². The molecular weight excluding hydrogens is 400 g/mol. The first-order valence-corrected chi connectivity index (χ1v) is 10.9. The predicted molar refractivity (Wildman–Crippen MR) is 105 cm³/mol. The molecule has 9 nitrogen and oxygen atoms in total. The van der Waals surface area contributed by atoms with Crippen molar-refractivity contribution in [3.8, 4) is 11.6 Å². The van der Waals surface area contributed by atoms with Gasteiger partial charge in [0.2, 0.25) is 16.9 Å². The molecule has 1 atom stereocenters. The maximum Gasteiger partial charge on any atom is 0.236 e. The van der Waals surface area contributed by atoms with Crippen LogP contribution in [0.2, 0.25) is 0 Å². The molecule has 0 aliphatic carbocycles. The number of hydrogen-bond acceptors (Lipinski definition) is 9. The number of aromatic nitrogens is 5. The van der Waals surface area contributed by atoms with Crippen LogP contribution in [0.15, 0.2) is 28.0 Å². The number of carbonyl (C=O) groups excluding carboxylic acids is 1. The summed E-state index contributed by atoms with van der Waals surface area (Å²) in [4.78, 5) is 12.3. The van der Waals surface area contributed by atoms with Crippen molar-refractivity contribution in [1.29, 1.82) is 0 Å². The monoisotopic (exact) mass is 420 g/mol. The topological polar surface area (TPSA) is 108 Å². The summed E-state index contributed by atoms with van der Waals surface area (Å²) in [7, 11) is 0. The highest BCUT2D eigenvalue weighted by Gasteiger charge is 2.23. The standard InChI is InChI=1S/C17H20N6O3S2/c1-2-14-19-21-16(28-14)18-13(24)10-27-17-22-20-15(12-6-4-8-26-12)23(17)9-11-5-3-7-25-11/h4,6,8,11H,2-3,5,7,9-10H2,1H3,(H,18,21,24). The average molecular weight is 421 g/mol. The largest absolute Gasteiger partial charge is 0.461 e. The van der Waals surface area contributed by atoms with Gasteiger partial charge in [-0.25, -0.2) is 0 Å². The third-order valence-corrected chi connectivity index (χ3v) is 6.17. The Labute approximate surface area is 169 Å². The Morgan fingerprint density at radius 1 is 1.39 bits per heavy atom. The Bertz CT molecular complexity index is 917. The number of ether oxygens (including phenoxy) is 1. The zero-order chi connectivity index (χ0) is 19.3. The number of furan rings is 1. The van der Waals surface area contributed by atoms with Crippen molar-refractivity contribution in [2.45, 2.75) is 44.0 Å². The van der Waals surface area contributed by atoms with Gasteiger partial charge < -0.3 is 9.15 Å². The number of carbonyl (C=O) groups is 1. The average Bonchev–Trinajstić information content (AvgIpc) is 3.48. The predicted octanol–water partition coefficient (Wildman–Crippen LogP) is 2.86. The van der Waals surface area contributed by atoms with Crippen molar-refractivity contribution < 1.29 is 13.9 Å². The Balaban J connectivity index is 1.45. The molecule has 1 fully saturated rings. The van der Waals surface area contributed by atoms with Gasteiger partial charge in [0.05, 0.1) is 24.7 Å². The number of nitrogens with zero attached hydrogens (tertiary/aromatic N) is 5. The van der Waals surface area contributed by atoms with E-state index >= 15 is 0 Å². The SMILES string of the molecule is CCc1nnc(NC(=O)CSc2nnc(-c3ccco3)n2CC2CCCO2)s1. The van der Waals surface area contributed by atoms with Crippen LogP contribution >= 0.6 is 23.1 Å². The van der Waals surface area contributed by atoms with Crippen LogP contribution in [0, 0.1) is 0 Å². The van der Waals surface area contributed by atoms with Crippen molar-refractivity contribution in [2.75, 3.05) is 17.7 Å². The molecule has 11 heteroatoms. The lowest BCUT2D eigenvalue weighted by Crippen LogP contribution is -2.18. The molecule has 1 aliphatic heterocycles. The number of thioether (sulfide) groups is 1. The fourth-order valence-electron chi connectivity index (χ4n) is 2.87. The lowest BCUT2D eigenvalue weighted by molar-refractivity contribution is -0.113. The normalized spacial score (nSPS) is 16.5. The van der Waals surface area contributed by atoms with Gasteiger partial charge in [-0.05, 0) is 31.4 Å². The summed E-state index contributed by atoms with van der Waals surface area (Å²) in [5, 5.41) is 21.3. The summed E-state index contributed by atoms with van der Waals surface area (Å²) in [6.45, 7) is 3.40. The summed E-state index contributed by atoms with van der Waals surface area (Å²) in [5.74, 6) is 1.32. The minimum atomic E-state index is -0.157. The van der Waals surface area contributed by atoms with Crippen LogP contribution in [0.25, 0.3) is 11.6 Å². The van der Waals surface area contributed by atoms with E-state index in [1.54, 1.807) is 6.26 Å². The molecule has 0 spiro atoms. The van der Waals surface area contributed by atoms with Crippen LogP contribution in [0.3, 0.4) is 0 Å². The Kier molecular flexibility index (Phi) is 6.03. The molecule has 28 heavy (non-hydrogen) atoms. The van der Waals surface area contributed by atoms with Crippen molar-refractivity contribution in [3.63, 3.8) is 0 Å². The highest BCUT2D eigenvalue weighted by molar-refractivity contribution is 7.99. The van der Waals surface area contributed by atoms with E-state index < -0.39 is 0 Å². The first-order valence-electron chi connectivity index (χ1n) is 9.06. The molecule has 3 aromatic heterocycles. The smallest absolute Gasteiger partial charge is 0.236 e. The van der Waals surface area contributed by atoms with Gasteiger partial charge in [0, 0.05) is 6.61 Å². The van der Waals surface area contributed by atoms with Gasteiger partial charge >= 0.3 is 0 Å². The second-order valence-corrected chi connectivity index (χ2v) is 8.23. The third-order valence-electron chi connectivity index (χ3n) is 4.22. The molecule has 1 unspecified atom stereocenters. The van der Waals surface area contributed by atoms with Gasteiger partial charge in [-0.15, -0.1) is 20.4 Å². The highest BCUT2D eigenvalue weighted by atomic mass is 32.2. The third kappa shape index (κ3) is 4.42. The molecule has 3 aromatic rings. The van der Waals surface area contributed by atoms with Crippen molar-refractivity contribution in [3.05, 3.63) is 23.4 Å². The number of anilines is 1. The number of aryl methyl sites for hydroxylation is 1. The van der Waals surface area contributed by atoms with Gasteiger partial charge in [-0.3, -0.25) is 14.7 Å². The molecule has 148 valence electrons. The Hall–Kier alpha value is -2.24. The van der Waals surface area contributed by atoms with Crippen LogP contribution < -0.4 is 5.32 Å². The molecule has 0 bridgehead atoms. The molecule has 0 radical (unpaired) electrons. The zero-order valence-corrected chi connectivity index (χ0v) is 17.0. The van der Waals surface area contributed by atoms with E-state index in [1.165, 1.54) is 23.1 Å². The van der Waals surface area contributed by atoms with E-state index in [2.05, 4.69) is 25.7 Å². The van der Waals surface area contributed by atoms with Crippen molar-refractivity contribution in [1.82, 2.24) is 25.0 Å². The Morgan fingerprint density at radius 3 is 3.04 bits per heavy atom. The van der Waals surface area contributed by atoms with Gasteiger partial charge in [0.25, 0.3) is 0 Å². The quantitative estimate of drug-likeness (QED) is 0.554. The second kappa shape index (κ2) is 8.84. The van der Waals surface area contributed by atoms with Gasteiger partial charge in [-0.1, -0.05) is 30.0 Å². The molecule has 4 rings (SSSR count). The van der Waals surface area contributed by atoms with Crippen LogP contribution in [0.1, 0.15) is 24.8 Å². The van der Waals surface area contributed by atoms with E-state index in [0.29, 0.717) is 28.4 Å². The number of amides is 1. The van der Waals surface area contributed by atoms with E-state index in [4.69, 9.17) is 9.15 Å². The molecule has 1 N–H and O–H groups in total. The van der Waals surface area contributed by atoms with Crippen LogP contribution in [-0.4, -0.2) is 49.3 Å². The van der Waals surface area contributed by atoms with E-state index in [1.807, 2.05) is 23.6 Å². The van der Waals surface area contributed by atoms with Crippen LogP contribution in [0.4, 0.5) is 5.13 Å². The number of hydrogen-bond donors (Lipinski definition) is 1. The summed E-state index contributed by atoms with van der Waals surface area (Å²) in [6, 6.07) is 3.66. The van der Waals surface area contributed by atoms with Gasteiger partial charge in [0.1, 0.15) is 5.01 Å². The first-order chi connectivity index (χ1) is 13.7. The lowest BCUT2D eigenvalue weighted by atomic mass is 10.2. The van der Waals surface area contributed by atoms with E-state index in [-0.39, 0.29) is 17.8 Å². The fourth-order valence-corrected chi connectivity index (χ4v) is 4.32. The summed E-state index contributed by atoms with van der Waals surface area (Å²) >= 11 is 2.71. The Morgan fingerprint density at radius 2 is 2.32 bits per heavy atom. The van der Waals surface area contributed by atoms with Crippen molar-refractivity contribution in [2.24, 2.45) is 0 Å². The molecule has 4 heterocycles. The molecule has 1 saturated heterocycles. The maximum absolute atomic E-state index is 12.3. The molecule has 0 saturated carbocycles. The lowest BCUT2D eigenvalue weighted by Gasteiger charge is -2.13. The highest BCUT2D eigenvalue weighted by Crippen LogP contribution is 2.27. The van der Waals surface area contributed by atoms with Crippen LogP contribution in [0.5, 0.6) is 0 Å².